The second kappa shape index (κ2) is 9.94. The second-order valence-electron chi connectivity index (χ2n) is 8.68. The SMILES string of the molecule is CC.Cc1oc2c(C)c3oc(=O)cc(C)c3cc2c1CN1CCN(Cc2ccccc2)CC1. The lowest BCUT2D eigenvalue weighted by atomic mass is 10.0. The summed E-state index contributed by atoms with van der Waals surface area (Å²) in [6.45, 7) is 16.1. The molecule has 33 heavy (non-hydrogen) atoms. The summed E-state index contributed by atoms with van der Waals surface area (Å²) in [7, 11) is 0. The van der Waals surface area contributed by atoms with Crippen LogP contribution in [0.1, 0.15) is 41.9 Å². The average Bonchev–Trinajstić information content (AvgIpc) is 3.13. The van der Waals surface area contributed by atoms with E-state index in [1.807, 2.05) is 34.6 Å². The fourth-order valence-corrected chi connectivity index (χ4v) is 4.72. The zero-order chi connectivity index (χ0) is 23.5. The van der Waals surface area contributed by atoms with Gasteiger partial charge < -0.3 is 8.83 Å². The average molecular weight is 447 g/mol. The minimum absolute atomic E-state index is 0.315. The van der Waals surface area contributed by atoms with Crippen molar-refractivity contribution in [3.63, 3.8) is 0 Å². The summed E-state index contributed by atoms with van der Waals surface area (Å²) < 4.78 is 11.7. The largest absolute Gasteiger partial charge is 0.461 e. The number of rotatable bonds is 4. The van der Waals surface area contributed by atoms with Crippen molar-refractivity contribution in [1.29, 1.82) is 0 Å². The number of aryl methyl sites for hydroxylation is 3. The van der Waals surface area contributed by atoms with E-state index in [0.717, 1.165) is 72.5 Å². The molecule has 5 rings (SSSR count). The van der Waals surface area contributed by atoms with Gasteiger partial charge in [-0.2, -0.15) is 0 Å². The van der Waals surface area contributed by atoms with Crippen molar-refractivity contribution in [1.82, 2.24) is 9.80 Å². The van der Waals surface area contributed by atoms with Gasteiger partial charge in [-0.15, -0.1) is 0 Å². The van der Waals surface area contributed by atoms with Crippen LogP contribution in [0.4, 0.5) is 0 Å². The van der Waals surface area contributed by atoms with Crippen molar-refractivity contribution in [2.75, 3.05) is 26.2 Å². The maximum atomic E-state index is 11.9. The van der Waals surface area contributed by atoms with Crippen molar-refractivity contribution in [2.45, 2.75) is 47.7 Å². The van der Waals surface area contributed by atoms with E-state index in [1.165, 1.54) is 11.1 Å². The molecule has 1 aliphatic rings. The number of hydrogen-bond donors (Lipinski definition) is 0. The van der Waals surface area contributed by atoms with Gasteiger partial charge in [0.05, 0.1) is 0 Å². The molecule has 0 unspecified atom stereocenters. The van der Waals surface area contributed by atoms with Crippen molar-refractivity contribution in [3.8, 4) is 0 Å². The molecule has 0 spiro atoms. The number of hydrogen-bond acceptors (Lipinski definition) is 5. The first-order chi connectivity index (χ1) is 16.0. The Morgan fingerprint density at radius 2 is 1.39 bits per heavy atom. The molecule has 4 aromatic rings. The number of nitrogens with zero attached hydrogens (tertiary/aromatic N) is 2. The molecule has 2 aromatic carbocycles. The van der Waals surface area contributed by atoms with E-state index < -0.39 is 0 Å². The van der Waals surface area contributed by atoms with Crippen LogP contribution in [-0.2, 0) is 13.1 Å². The van der Waals surface area contributed by atoms with Crippen molar-refractivity contribution >= 4 is 21.9 Å². The normalized spacial score (nSPS) is 15.1. The molecular weight excluding hydrogens is 412 g/mol. The van der Waals surface area contributed by atoms with E-state index >= 15 is 0 Å². The lowest BCUT2D eigenvalue weighted by Crippen LogP contribution is -2.45. The molecule has 0 atom stereocenters. The molecule has 0 N–H and O–H groups in total. The first-order valence-electron chi connectivity index (χ1n) is 11.9. The maximum Gasteiger partial charge on any atom is 0.336 e. The van der Waals surface area contributed by atoms with Gasteiger partial charge in [0, 0.05) is 67.2 Å². The molecule has 0 amide bonds. The summed E-state index contributed by atoms with van der Waals surface area (Å²) in [6, 6.07) is 14.4. The Morgan fingerprint density at radius 3 is 2.06 bits per heavy atom. The lowest BCUT2D eigenvalue weighted by Gasteiger charge is -2.34. The fraction of sp³-hybridized carbons (Fsp3) is 0.393. The second-order valence-corrected chi connectivity index (χ2v) is 8.68. The molecule has 5 nitrogen and oxygen atoms in total. The predicted molar refractivity (Wildman–Crippen MR) is 135 cm³/mol. The summed E-state index contributed by atoms with van der Waals surface area (Å²) in [5.74, 6) is 0.945. The zero-order valence-corrected chi connectivity index (χ0v) is 20.4. The molecule has 1 saturated heterocycles. The number of furan rings is 1. The Hall–Kier alpha value is -2.89. The third-order valence-corrected chi connectivity index (χ3v) is 6.52. The molecule has 0 aliphatic carbocycles. The van der Waals surface area contributed by atoms with Crippen LogP contribution in [0.15, 0.2) is 56.1 Å². The van der Waals surface area contributed by atoms with Crippen LogP contribution in [0.25, 0.3) is 21.9 Å². The van der Waals surface area contributed by atoms with E-state index in [-0.39, 0.29) is 5.63 Å². The molecule has 0 saturated carbocycles. The Bertz CT molecular complexity index is 1300. The molecule has 0 radical (unpaired) electrons. The highest BCUT2D eigenvalue weighted by molar-refractivity contribution is 5.99. The van der Waals surface area contributed by atoms with Gasteiger partial charge in [-0.1, -0.05) is 44.2 Å². The molecule has 5 heteroatoms. The van der Waals surface area contributed by atoms with Crippen LogP contribution >= 0.6 is 0 Å². The zero-order valence-electron chi connectivity index (χ0n) is 20.4. The van der Waals surface area contributed by atoms with Crippen LogP contribution in [-0.4, -0.2) is 36.0 Å². The van der Waals surface area contributed by atoms with Gasteiger partial charge >= 0.3 is 5.63 Å². The minimum atomic E-state index is -0.315. The van der Waals surface area contributed by atoms with Gasteiger partial charge in [0.15, 0.2) is 0 Å². The van der Waals surface area contributed by atoms with Crippen LogP contribution in [0, 0.1) is 20.8 Å². The van der Waals surface area contributed by atoms with E-state index in [0.29, 0.717) is 5.58 Å². The van der Waals surface area contributed by atoms with Crippen molar-refractivity contribution in [2.24, 2.45) is 0 Å². The highest BCUT2D eigenvalue weighted by Crippen LogP contribution is 2.35. The quantitative estimate of drug-likeness (QED) is 0.370. The van der Waals surface area contributed by atoms with Gasteiger partial charge in [-0.3, -0.25) is 9.80 Å². The van der Waals surface area contributed by atoms with Gasteiger partial charge in [-0.05, 0) is 38.0 Å². The molecular formula is C28H34N2O3. The Labute approximate surface area is 195 Å². The van der Waals surface area contributed by atoms with Crippen LogP contribution in [0.3, 0.4) is 0 Å². The van der Waals surface area contributed by atoms with E-state index in [9.17, 15) is 4.79 Å². The number of fused-ring (bicyclic) bond motifs is 2. The van der Waals surface area contributed by atoms with Gasteiger partial charge in [0.25, 0.3) is 0 Å². The summed E-state index contributed by atoms with van der Waals surface area (Å²) in [4.78, 5) is 16.9. The summed E-state index contributed by atoms with van der Waals surface area (Å²) in [6.07, 6.45) is 0. The minimum Gasteiger partial charge on any atom is -0.461 e. The third-order valence-electron chi connectivity index (χ3n) is 6.52. The molecule has 1 aliphatic heterocycles. The van der Waals surface area contributed by atoms with Gasteiger partial charge in [-0.25, -0.2) is 4.79 Å². The molecule has 3 heterocycles. The predicted octanol–water partition coefficient (Wildman–Crippen LogP) is 5.81. The van der Waals surface area contributed by atoms with Crippen LogP contribution < -0.4 is 5.63 Å². The van der Waals surface area contributed by atoms with Crippen molar-refractivity contribution < 1.29 is 8.83 Å². The van der Waals surface area contributed by atoms with Crippen molar-refractivity contribution in [3.05, 3.63) is 80.9 Å². The third kappa shape index (κ3) is 4.75. The number of benzene rings is 2. The van der Waals surface area contributed by atoms with Crippen LogP contribution in [0.5, 0.6) is 0 Å². The Balaban J connectivity index is 0.00000126. The monoisotopic (exact) mass is 446 g/mol. The molecule has 1 fully saturated rings. The van der Waals surface area contributed by atoms with E-state index in [4.69, 9.17) is 8.83 Å². The van der Waals surface area contributed by atoms with Crippen LogP contribution in [0.2, 0.25) is 0 Å². The topological polar surface area (TPSA) is 49.8 Å². The Kier molecular flexibility index (Phi) is 7.01. The number of piperazine rings is 1. The van der Waals surface area contributed by atoms with E-state index in [2.05, 4.69) is 46.2 Å². The standard InChI is InChI=1S/C26H28N2O3.C2H6/c1-17-13-24(29)31-25-18(2)26-22(14-21(17)25)23(19(3)30-26)16-28-11-9-27(10-12-28)15-20-7-5-4-6-8-20;1-2/h4-8,13-14H,9-12,15-16H2,1-3H3;1-2H3. The van der Waals surface area contributed by atoms with Gasteiger partial charge in [0.1, 0.15) is 16.9 Å². The maximum absolute atomic E-state index is 11.9. The molecule has 2 aromatic heterocycles. The van der Waals surface area contributed by atoms with Gasteiger partial charge in [0.2, 0.25) is 0 Å². The lowest BCUT2D eigenvalue weighted by molar-refractivity contribution is 0.122. The molecule has 0 bridgehead atoms. The first-order valence-corrected chi connectivity index (χ1v) is 11.9. The van der Waals surface area contributed by atoms with E-state index in [1.54, 1.807) is 6.07 Å². The Morgan fingerprint density at radius 1 is 0.788 bits per heavy atom. The highest BCUT2D eigenvalue weighted by Gasteiger charge is 2.22. The molecule has 174 valence electrons. The summed E-state index contributed by atoms with van der Waals surface area (Å²) >= 11 is 0. The summed E-state index contributed by atoms with van der Waals surface area (Å²) in [5, 5.41) is 2.12. The fourth-order valence-electron chi connectivity index (χ4n) is 4.72. The first kappa shape index (κ1) is 23.3. The smallest absolute Gasteiger partial charge is 0.336 e. The summed E-state index contributed by atoms with van der Waals surface area (Å²) in [5.41, 5.74) is 5.60. The highest BCUT2D eigenvalue weighted by atomic mass is 16.4.